The van der Waals surface area contributed by atoms with Crippen molar-refractivity contribution in [2.24, 2.45) is 0 Å². The number of carboxylic acids is 1. The maximum Gasteiger partial charge on any atom is 0.321 e. The van der Waals surface area contributed by atoms with Gasteiger partial charge in [0.2, 0.25) is 10.0 Å². The molecule has 20 heavy (non-hydrogen) atoms. The predicted octanol–water partition coefficient (Wildman–Crippen LogP) is 2.26. The van der Waals surface area contributed by atoms with Crippen LogP contribution in [0.5, 0.6) is 0 Å². The van der Waals surface area contributed by atoms with Crippen LogP contribution in [-0.4, -0.2) is 25.5 Å². The molecule has 0 saturated carbocycles. The number of benzene rings is 1. The summed E-state index contributed by atoms with van der Waals surface area (Å²) in [6, 6.07) is 2.80. The number of carboxylic acid groups (broad SMARTS) is 1. The fourth-order valence-corrected chi connectivity index (χ4v) is 3.23. The Balaban J connectivity index is 2.83. The molecule has 0 fully saturated rings. The number of rotatable bonds is 7. The Bertz CT molecular complexity index is 591. The zero-order valence-corrected chi connectivity index (χ0v) is 13.2. The highest BCUT2D eigenvalue weighted by atomic mass is 79.9. The number of sulfonamides is 1. The van der Waals surface area contributed by atoms with Gasteiger partial charge in [-0.25, -0.2) is 17.5 Å². The molecule has 8 heteroatoms. The maximum absolute atomic E-state index is 13.3. The minimum atomic E-state index is -3.84. The summed E-state index contributed by atoms with van der Waals surface area (Å²) < 4.78 is 39.4. The van der Waals surface area contributed by atoms with E-state index in [9.17, 15) is 17.6 Å². The molecule has 0 radical (unpaired) electrons. The van der Waals surface area contributed by atoms with Crippen LogP contribution in [0.25, 0.3) is 0 Å². The lowest BCUT2D eigenvalue weighted by molar-refractivity contribution is -0.139. The van der Waals surface area contributed by atoms with Gasteiger partial charge in [-0.2, -0.15) is 0 Å². The zero-order chi connectivity index (χ0) is 15.3. The average molecular weight is 368 g/mol. The molecule has 5 nitrogen and oxygen atoms in total. The predicted molar refractivity (Wildman–Crippen MR) is 76.2 cm³/mol. The van der Waals surface area contributed by atoms with E-state index in [-0.39, 0.29) is 16.5 Å². The van der Waals surface area contributed by atoms with E-state index in [4.69, 9.17) is 5.11 Å². The van der Waals surface area contributed by atoms with Gasteiger partial charge in [0.25, 0.3) is 0 Å². The van der Waals surface area contributed by atoms with Crippen LogP contribution >= 0.6 is 15.9 Å². The van der Waals surface area contributed by atoms with Crippen molar-refractivity contribution in [3.8, 4) is 0 Å². The first-order chi connectivity index (χ1) is 9.25. The third kappa shape index (κ3) is 5.18. The Morgan fingerprint density at radius 3 is 2.65 bits per heavy atom. The third-order valence-electron chi connectivity index (χ3n) is 2.54. The SMILES string of the molecule is CCCC(NS(=O)(=O)Cc1ccc(Br)c(F)c1)C(=O)O. The lowest BCUT2D eigenvalue weighted by Crippen LogP contribution is -2.41. The van der Waals surface area contributed by atoms with Crippen molar-refractivity contribution in [3.05, 3.63) is 34.1 Å². The number of carbonyl (C=O) groups is 1. The summed E-state index contributed by atoms with van der Waals surface area (Å²) in [4.78, 5) is 10.9. The Morgan fingerprint density at radius 1 is 1.50 bits per heavy atom. The minimum Gasteiger partial charge on any atom is -0.480 e. The van der Waals surface area contributed by atoms with Gasteiger partial charge in [0.1, 0.15) is 11.9 Å². The van der Waals surface area contributed by atoms with E-state index in [0.29, 0.717) is 6.42 Å². The normalized spacial score (nSPS) is 13.2. The van der Waals surface area contributed by atoms with Crippen molar-refractivity contribution in [1.82, 2.24) is 4.72 Å². The van der Waals surface area contributed by atoms with Crippen LogP contribution < -0.4 is 4.72 Å². The van der Waals surface area contributed by atoms with Crippen LogP contribution in [0.15, 0.2) is 22.7 Å². The number of aliphatic carboxylic acids is 1. The first-order valence-corrected chi connectivity index (χ1v) is 8.36. The number of halogens is 2. The molecule has 0 bridgehead atoms. The zero-order valence-electron chi connectivity index (χ0n) is 10.8. The van der Waals surface area contributed by atoms with E-state index >= 15 is 0 Å². The highest BCUT2D eigenvalue weighted by Gasteiger charge is 2.23. The molecule has 1 aromatic rings. The molecule has 0 aromatic heterocycles. The monoisotopic (exact) mass is 367 g/mol. The molecule has 112 valence electrons. The highest BCUT2D eigenvalue weighted by Crippen LogP contribution is 2.17. The summed E-state index contributed by atoms with van der Waals surface area (Å²) in [7, 11) is -3.84. The molecule has 1 atom stereocenters. The Kier molecular flexibility index (Phi) is 6.09. The summed E-state index contributed by atoms with van der Waals surface area (Å²) >= 11 is 2.97. The molecule has 0 saturated heterocycles. The molecule has 1 unspecified atom stereocenters. The Labute approximate surface area is 125 Å². The Hall–Kier alpha value is -0.990. The summed E-state index contributed by atoms with van der Waals surface area (Å²) in [5.74, 6) is -2.26. The van der Waals surface area contributed by atoms with Crippen molar-refractivity contribution in [3.63, 3.8) is 0 Å². The largest absolute Gasteiger partial charge is 0.480 e. The van der Waals surface area contributed by atoms with E-state index < -0.39 is 33.6 Å². The topological polar surface area (TPSA) is 83.5 Å². The van der Waals surface area contributed by atoms with Crippen LogP contribution in [0.1, 0.15) is 25.3 Å². The van der Waals surface area contributed by atoms with Crippen LogP contribution in [0.2, 0.25) is 0 Å². The van der Waals surface area contributed by atoms with Gasteiger partial charge in [0, 0.05) is 0 Å². The molecule has 0 heterocycles. The molecular formula is C12H15BrFNO4S. The van der Waals surface area contributed by atoms with Gasteiger partial charge >= 0.3 is 5.97 Å². The third-order valence-corrected chi connectivity index (χ3v) is 4.54. The maximum atomic E-state index is 13.3. The van der Waals surface area contributed by atoms with Gasteiger partial charge in [-0.05, 0) is 40.0 Å². The number of hydrogen-bond acceptors (Lipinski definition) is 3. The van der Waals surface area contributed by atoms with Crippen molar-refractivity contribution in [2.75, 3.05) is 0 Å². The lowest BCUT2D eigenvalue weighted by Gasteiger charge is -2.14. The van der Waals surface area contributed by atoms with Gasteiger partial charge < -0.3 is 5.11 Å². The molecule has 0 spiro atoms. The second kappa shape index (κ2) is 7.14. The fraction of sp³-hybridized carbons (Fsp3) is 0.417. The second-order valence-corrected chi connectivity index (χ2v) is 6.91. The van der Waals surface area contributed by atoms with E-state index in [1.807, 2.05) is 0 Å². The minimum absolute atomic E-state index is 0.198. The summed E-state index contributed by atoms with van der Waals surface area (Å²) in [5.41, 5.74) is 0.249. The molecule has 0 aliphatic heterocycles. The van der Waals surface area contributed by atoms with Crippen molar-refractivity contribution in [2.45, 2.75) is 31.6 Å². The summed E-state index contributed by atoms with van der Waals surface area (Å²) in [5, 5.41) is 8.92. The standard InChI is InChI=1S/C12H15BrFNO4S/c1-2-3-11(12(16)17)15-20(18,19)7-8-4-5-9(13)10(14)6-8/h4-6,11,15H,2-3,7H2,1H3,(H,16,17). The molecular weight excluding hydrogens is 353 g/mol. The number of hydrogen-bond donors (Lipinski definition) is 2. The molecule has 0 aliphatic carbocycles. The number of nitrogens with one attached hydrogen (secondary N) is 1. The van der Waals surface area contributed by atoms with Crippen LogP contribution in [-0.2, 0) is 20.6 Å². The van der Waals surface area contributed by atoms with E-state index in [0.717, 1.165) is 6.07 Å². The molecule has 1 aromatic carbocycles. The van der Waals surface area contributed by atoms with Crippen LogP contribution in [0.4, 0.5) is 4.39 Å². The van der Waals surface area contributed by atoms with Crippen LogP contribution in [0.3, 0.4) is 0 Å². The smallest absolute Gasteiger partial charge is 0.321 e. The first-order valence-electron chi connectivity index (χ1n) is 5.92. The van der Waals surface area contributed by atoms with Crippen molar-refractivity contribution in [1.29, 1.82) is 0 Å². The van der Waals surface area contributed by atoms with Crippen LogP contribution in [0, 0.1) is 5.82 Å². The van der Waals surface area contributed by atoms with Crippen molar-refractivity contribution >= 4 is 31.9 Å². The average Bonchev–Trinajstić information content (AvgIpc) is 2.32. The van der Waals surface area contributed by atoms with E-state index in [1.54, 1.807) is 6.92 Å². The van der Waals surface area contributed by atoms with Gasteiger partial charge in [-0.1, -0.05) is 19.4 Å². The first kappa shape index (κ1) is 17.1. The van der Waals surface area contributed by atoms with Crippen molar-refractivity contribution < 1.29 is 22.7 Å². The molecule has 0 aliphatic rings. The fourth-order valence-electron chi connectivity index (χ4n) is 1.63. The highest BCUT2D eigenvalue weighted by molar-refractivity contribution is 9.10. The van der Waals surface area contributed by atoms with E-state index in [2.05, 4.69) is 20.7 Å². The quantitative estimate of drug-likeness (QED) is 0.774. The second-order valence-electron chi connectivity index (χ2n) is 4.30. The molecule has 2 N–H and O–H groups in total. The van der Waals surface area contributed by atoms with Gasteiger partial charge in [-0.3, -0.25) is 4.79 Å². The summed E-state index contributed by atoms with van der Waals surface area (Å²) in [6.07, 6.45) is 0.732. The van der Waals surface area contributed by atoms with Gasteiger partial charge in [0.15, 0.2) is 0 Å². The Morgan fingerprint density at radius 2 is 2.15 bits per heavy atom. The molecule has 1 rings (SSSR count). The van der Waals surface area contributed by atoms with Gasteiger partial charge in [0.05, 0.1) is 10.2 Å². The summed E-state index contributed by atoms with van der Waals surface area (Å²) in [6.45, 7) is 1.76. The van der Waals surface area contributed by atoms with E-state index in [1.165, 1.54) is 12.1 Å². The lowest BCUT2D eigenvalue weighted by atomic mass is 10.2. The molecule has 0 amide bonds. The van der Waals surface area contributed by atoms with Gasteiger partial charge in [-0.15, -0.1) is 0 Å².